The van der Waals surface area contributed by atoms with Gasteiger partial charge >= 0.3 is 5.97 Å². The summed E-state index contributed by atoms with van der Waals surface area (Å²) in [6.07, 6.45) is 10.3. The van der Waals surface area contributed by atoms with Gasteiger partial charge in [-0.25, -0.2) is 4.79 Å². The van der Waals surface area contributed by atoms with E-state index >= 15 is 0 Å². The van der Waals surface area contributed by atoms with E-state index in [1.54, 1.807) is 46.9 Å². The van der Waals surface area contributed by atoms with Crippen molar-refractivity contribution in [1.29, 1.82) is 0 Å². The summed E-state index contributed by atoms with van der Waals surface area (Å²) in [5.41, 5.74) is 11.5. The summed E-state index contributed by atoms with van der Waals surface area (Å²) in [6.45, 7) is 12.8. The fourth-order valence-corrected chi connectivity index (χ4v) is 11.7. The Hall–Kier alpha value is -4.11. The molecule has 3 N–H and O–H groups in total. The number of fused-ring (bicyclic) bond motifs is 3. The highest BCUT2D eigenvalue weighted by Gasteiger charge is 2.53. The maximum Gasteiger partial charge on any atom is 0.329 e. The van der Waals surface area contributed by atoms with E-state index in [9.17, 15) is 39.3 Å². The van der Waals surface area contributed by atoms with E-state index in [1.807, 2.05) is 63.3 Å². The van der Waals surface area contributed by atoms with E-state index < -0.39 is 83.9 Å². The summed E-state index contributed by atoms with van der Waals surface area (Å²) in [6, 6.07) is 4.20. The van der Waals surface area contributed by atoms with Crippen LogP contribution in [0.15, 0.2) is 70.9 Å². The second-order valence-corrected chi connectivity index (χ2v) is 22.8. The van der Waals surface area contributed by atoms with Crippen LogP contribution in [0.5, 0.6) is 0 Å². The molecule has 414 valence electrons. The van der Waals surface area contributed by atoms with Gasteiger partial charge in [0.2, 0.25) is 5.79 Å². The number of Topliss-reactive ketones (excluding diaryl/α,β-unsaturated/α-hetero) is 3. The number of piperidine rings is 1. The molecule has 0 spiro atoms. The summed E-state index contributed by atoms with van der Waals surface area (Å²) >= 11 is 2.10. The minimum Gasteiger partial charge on any atom is -0.460 e. The zero-order valence-electron chi connectivity index (χ0n) is 45.3. The van der Waals surface area contributed by atoms with Gasteiger partial charge in [0.05, 0.1) is 36.7 Å². The van der Waals surface area contributed by atoms with E-state index in [0.29, 0.717) is 69.0 Å². The van der Waals surface area contributed by atoms with Gasteiger partial charge in [0.25, 0.3) is 11.7 Å². The Balaban J connectivity index is 1.50. The highest BCUT2D eigenvalue weighted by atomic mass is 125. The molecule has 2 saturated heterocycles. The molecule has 15 atom stereocenters. The number of azide groups is 1. The summed E-state index contributed by atoms with van der Waals surface area (Å²) in [7, 11) is 2.93. The number of methoxy groups -OCH3 is 2. The zero-order chi connectivity index (χ0) is 55.1. The van der Waals surface area contributed by atoms with Crippen LogP contribution in [-0.4, -0.2) is 125 Å². The SMILES string of the molecule is CO[C@@H]1C[C@H](C[C@@H](C)[C@@H]2CC(=O)[C@H](C)/C=C(\C)[C@@H](O)[C@@H](OC)C(=O)[C@H](C)C[C@H](C)\C=C/C=C/C=C(\C)[C@@H](OCc3ccc(N=[N+]=[N-])c([125I])c3)C[C@@H]3CC[C@@H](C)[C@@](O)(O3)C(=O)C(=O)N3CCCC[C@H]3C(=O)O2)CC[C@H]1O. The van der Waals surface area contributed by atoms with E-state index in [1.165, 1.54) is 12.0 Å². The van der Waals surface area contributed by atoms with E-state index in [2.05, 4.69) is 32.6 Å². The number of aliphatic hydroxyl groups excluding tert-OH is 2. The van der Waals surface area contributed by atoms with Crippen LogP contribution in [0.1, 0.15) is 131 Å². The monoisotopic (exact) mass is 1150 g/mol. The Labute approximate surface area is 456 Å². The predicted octanol–water partition coefficient (Wildman–Crippen LogP) is 9.30. The highest BCUT2D eigenvalue weighted by Crippen LogP contribution is 2.38. The number of aliphatic hydroxyl groups is 3. The number of halogens is 1. The van der Waals surface area contributed by atoms with Gasteiger partial charge in [-0.3, -0.25) is 19.2 Å². The normalized spacial score (nSPS) is 36.4. The standard InChI is InChI=1S/C57H81IN4O13/c1-33-15-11-10-12-16-34(2)48(73-32-41-19-22-44(60-61-59)43(58)28-41)30-42-21-18-39(7)57(70,75-42)54(67)55(68)62-24-14-13-17-45(62)56(69)74-49(36(4)27-40-20-23-46(63)50(29-40)71-8)31-47(64)35(3)26-38(6)52(66)53(72-9)51(65)37(5)25-33/h10-12,15-16,19,22,26,28,33,35-37,39-40,42,45-46,48-50,52-53,63,66,70H,13-14,17-18,20-21,23-25,27,29-32H2,1-9H3/b12-10+,15-11-,34-16+,38-26+/t33-,35-,36-,37-,39-,40+,42+,45+,46-,48+,49+,50-,52-,53+,57-/m1/s1/i58-2. The number of amides is 1. The summed E-state index contributed by atoms with van der Waals surface area (Å²) in [5, 5.41) is 38.0. The second kappa shape index (κ2) is 29.0. The van der Waals surface area contributed by atoms with Crippen molar-refractivity contribution in [2.24, 2.45) is 40.6 Å². The number of esters is 1. The fourth-order valence-electron chi connectivity index (χ4n) is 11.0. The molecular weight excluding hydrogens is 1070 g/mol. The van der Waals surface area contributed by atoms with Crippen LogP contribution >= 0.6 is 22.6 Å². The van der Waals surface area contributed by atoms with Gasteiger partial charge in [-0.2, -0.15) is 0 Å². The van der Waals surface area contributed by atoms with Crippen molar-refractivity contribution < 1.29 is 63.0 Å². The van der Waals surface area contributed by atoms with Crippen LogP contribution < -0.4 is 0 Å². The number of benzene rings is 1. The molecule has 75 heavy (non-hydrogen) atoms. The lowest BCUT2D eigenvalue weighted by molar-refractivity contribution is -0.266. The number of allylic oxidation sites excluding steroid dienone is 6. The summed E-state index contributed by atoms with van der Waals surface area (Å²) < 4.78 is 31.1. The Morgan fingerprint density at radius 1 is 0.933 bits per heavy atom. The molecule has 0 radical (unpaired) electrons. The van der Waals surface area contributed by atoms with Crippen molar-refractivity contribution in [1.82, 2.24) is 4.90 Å². The molecule has 3 heterocycles. The molecule has 0 aromatic heterocycles. The first kappa shape index (κ1) is 61.7. The van der Waals surface area contributed by atoms with Crippen LogP contribution in [0, 0.1) is 39.1 Å². The van der Waals surface area contributed by atoms with Crippen LogP contribution in [0.2, 0.25) is 0 Å². The Bertz CT molecular complexity index is 2330. The van der Waals surface area contributed by atoms with Gasteiger partial charge in [0.15, 0.2) is 5.78 Å². The maximum atomic E-state index is 14.5. The third-order valence-electron chi connectivity index (χ3n) is 15.8. The largest absolute Gasteiger partial charge is 0.460 e. The third kappa shape index (κ3) is 16.7. The molecule has 1 aromatic carbocycles. The first-order chi connectivity index (χ1) is 35.6. The Kier molecular flexibility index (Phi) is 23.9. The molecule has 4 aliphatic rings. The first-order valence-electron chi connectivity index (χ1n) is 26.7. The van der Waals surface area contributed by atoms with Crippen LogP contribution in [-0.2, 0) is 54.3 Å². The molecule has 1 saturated carbocycles. The van der Waals surface area contributed by atoms with E-state index in [4.69, 9.17) is 29.2 Å². The van der Waals surface area contributed by atoms with Gasteiger partial charge in [0.1, 0.15) is 30.1 Å². The molecule has 0 unspecified atom stereocenters. The minimum atomic E-state index is -2.51. The van der Waals surface area contributed by atoms with Crippen molar-refractivity contribution in [3.63, 3.8) is 0 Å². The molecule has 3 fully saturated rings. The number of hydrogen-bond acceptors (Lipinski definition) is 14. The van der Waals surface area contributed by atoms with Gasteiger partial charge in [-0.1, -0.05) is 88.3 Å². The molecule has 1 amide bonds. The van der Waals surface area contributed by atoms with Crippen LogP contribution in [0.4, 0.5) is 5.69 Å². The molecule has 17 nitrogen and oxygen atoms in total. The molecule has 2 bridgehead atoms. The van der Waals surface area contributed by atoms with E-state index in [0.717, 1.165) is 14.7 Å². The van der Waals surface area contributed by atoms with Gasteiger partial charge in [-0.05, 0) is 147 Å². The quantitative estimate of drug-likeness (QED) is 0.0397. The molecule has 1 aromatic rings. The Morgan fingerprint density at radius 2 is 1.68 bits per heavy atom. The number of hydrogen-bond donors (Lipinski definition) is 3. The summed E-state index contributed by atoms with van der Waals surface area (Å²) in [5.74, 6) is -8.40. The predicted molar refractivity (Wildman–Crippen MR) is 291 cm³/mol. The van der Waals surface area contributed by atoms with Crippen molar-refractivity contribution in [2.75, 3.05) is 20.8 Å². The van der Waals surface area contributed by atoms with Crippen molar-refractivity contribution in [3.05, 3.63) is 85.4 Å². The lowest BCUT2D eigenvalue weighted by Gasteiger charge is -2.43. The number of nitrogens with zero attached hydrogens (tertiary/aromatic N) is 4. The zero-order valence-corrected chi connectivity index (χ0v) is 47.4. The third-order valence-corrected chi connectivity index (χ3v) is 16.7. The number of rotatable bonds is 9. The highest BCUT2D eigenvalue weighted by molar-refractivity contribution is 14.1. The molecule has 18 heteroatoms. The number of ether oxygens (including phenoxy) is 5. The van der Waals surface area contributed by atoms with Crippen molar-refractivity contribution in [2.45, 2.75) is 187 Å². The second-order valence-electron chi connectivity index (χ2n) is 21.6. The van der Waals surface area contributed by atoms with Crippen LogP contribution in [0.25, 0.3) is 10.4 Å². The smallest absolute Gasteiger partial charge is 0.329 e. The summed E-state index contributed by atoms with van der Waals surface area (Å²) in [4.78, 5) is 75.7. The molecule has 3 aliphatic heterocycles. The maximum absolute atomic E-state index is 14.5. The number of carbonyl (C=O) groups excluding carboxylic acids is 5. The topological polar surface area (TPSA) is 244 Å². The van der Waals surface area contributed by atoms with Crippen LogP contribution in [0.3, 0.4) is 0 Å². The number of ketones is 3. The minimum absolute atomic E-state index is 0.0294. The van der Waals surface area contributed by atoms with Crippen molar-refractivity contribution >= 4 is 57.5 Å². The average Bonchev–Trinajstić information content (AvgIpc) is 3.38. The molecule has 1 aliphatic carbocycles. The average molecular weight is 1160 g/mol. The first-order valence-corrected chi connectivity index (χ1v) is 27.8. The Morgan fingerprint density at radius 3 is 2.37 bits per heavy atom. The number of carbonyl (C=O) groups is 5. The van der Waals surface area contributed by atoms with E-state index in [-0.39, 0.29) is 67.8 Å². The van der Waals surface area contributed by atoms with Gasteiger partial charge in [0, 0.05) is 59.8 Å². The molecule has 5 rings (SSSR count). The lowest BCUT2D eigenvalue weighted by Crippen LogP contribution is -2.61. The van der Waals surface area contributed by atoms with Gasteiger partial charge in [-0.15, -0.1) is 0 Å². The fraction of sp³-hybridized carbons (Fsp3) is 0.667. The lowest BCUT2D eigenvalue weighted by atomic mass is 9.78. The molecular formula is C57H81IN4O13. The van der Waals surface area contributed by atoms with Gasteiger partial charge < -0.3 is 43.9 Å². The van der Waals surface area contributed by atoms with Crippen molar-refractivity contribution in [3.8, 4) is 0 Å². The number of cyclic esters (lactones) is 1.